The first-order valence-electron chi connectivity index (χ1n) is 10.6. The number of nitrogens with zero attached hydrogens (tertiary/aromatic N) is 1. The first kappa shape index (κ1) is 23.2. The molecule has 1 unspecified atom stereocenters. The van der Waals surface area contributed by atoms with Gasteiger partial charge in [0.15, 0.2) is 0 Å². The summed E-state index contributed by atoms with van der Waals surface area (Å²) in [4.78, 5) is 2.15. The van der Waals surface area contributed by atoms with E-state index in [9.17, 15) is 22.3 Å². The van der Waals surface area contributed by atoms with Crippen molar-refractivity contribution in [1.29, 1.82) is 0 Å². The molecule has 1 aliphatic heterocycles. The molecule has 3 atom stereocenters. The number of hydrogen-bond acceptors (Lipinski definition) is 5. The Morgan fingerprint density at radius 2 is 1.55 bits per heavy atom. The van der Waals surface area contributed by atoms with Crippen LogP contribution in [0, 0.1) is 17.6 Å². The van der Waals surface area contributed by atoms with Crippen molar-refractivity contribution in [1.82, 2.24) is 0 Å². The zero-order valence-electron chi connectivity index (χ0n) is 18.1. The Labute approximate surface area is 192 Å². The van der Waals surface area contributed by atoms with Gasteiger partial charge in [0.1, 0.15) is 17.4 Å². The molecule has 1 N–H and O–H groups in total. The second-order valence-corrected chi connectivity index (χ2v) is 9.91. The van der Waals surface area contributed by atoms with Crippen molar-refractivity contribution >= 4 is 15.8 Å². The first-order chi connectivity index (χ1) is 15.7. The normalized spacial score (nSPS) is 19.1. The van der Waals surface area contributed by atoms with E-state index in [-0.39, 0.29) is 29.3 Å². The van der Waals surface area contributed by atoms with Crippen molar-refractivity contribution in [2.45, 2.75) is 25.0 Å². The van der Waals surface area contributed by atoms with Gasteiger partial charge in [0, 0.05) is 18.2 Å². The minimum absolute atomic E-state index is 0.0248. The molecule has 33 heavy (non-hydrogen) atoms. The predicted molar refractivity (Wildman–Crippen MR) is 122 cm³/mol. The summed E-state index contributed by atoms with van der Waals surface area (Å²) in [6.45, 7) is 0.730. The fourth-order valence-corrected chi connectivity index (χ4v) is 4.76. The smallest absolute Gasteiger partial charge is 0.306 e. The van der Waals surface area contributed by atoms with Crippen LogP contribution in [0.1, 0.15) is 36.1 Å². The zero-order valence-corrected chi connectivity index (χ0v) is 18.9. The Morgan fingerprint density at radius 3 is 2.12 bits per heavy atom. The number of hydrogen-bond donors (Lipinski definition) is 1. The van der Waals surface area contributed by atoms with E-state index in [1.807, 2.05) is 12.1 Å². The van der Waals surface area contributed by atoms with Crippen LogP contribution in [0.3, 0.4) is 0 Å². The third-order valence-electron chi connectivity index (χ3n) is 5.91. The molecule has 1 aliphatic rings. The molecule has 1 heterocycles. The van der Waals surface area contributed by atoms with E-state index in [1.165, 1.54) is 24.3 Å². The van der Waals surface area contributed by atoms with Gasteiger partial charge in [0.25, 0.3) is 0 Å². The molecule has 1 saturated heterocycles. The molecule has 8 heteroatoms. The Balaban J connectivity index is 1.51. The number of rotatable bonds is 8. The monoisotopic (exact) mass is 473 g/mol. The third-order valence-corrected chi connectivity index (χ3v) is 6.40. The van der Waals surface area contributed by atoms with Crippen LogP contribution in [-0.4, -0.2) is 26.3 Å². The van der Waals surface area contributed by atoms with Crippen molar-refractivity contribution in [3.63, 3.8) is 0 Å². The summed E-state index contributed by atoms with van der Waals surface area (Å²) in [6, 6.07) is 19.0. The molecule has 3 aromatic rings. The number of aliphatic hydroxyl groups is 1. The summed E-state index contributed by atoms with van der Waals surface area (Å²) < 4.78 is 54.3. The number of halogens is 2. The fourth-order valence-electron chi connectivity index (χ4n) is 4.30. The van der Waals surface area contributed by atoms with Crippen LogP contribution in [0.2, 0.25) is 0 Å². The summed E-state index contributed by atoms with van der Waals surface area (Å²) in [5.41, 5.74) is 2.52. The zero-order chi connectivity index (χ0) is 23.6. The highest BCUT2D eigenvalue weighted by molar-refractivity contribution is 7.86. The highest BCUT2D eigenvalue weighted by Gasteiger charge is 2.40. The molecule has 0 aromatic heterocycles. The van der Waals surface area contributed by atoms with E-state index in [1.54, 1.807) is 36.4 Å². The van der Waals surface area contributed by atoms with E-state index < -0.39 is 16.2 Å². The summed E-state index contributed by atoms with van der Waals surface area (Å²) in [5, 5.41) is 10.5. The molecule has 0 bridgehead atoms. The molecule has 1 fully saturated rings. The first-order valence-corrected chi connectivity index (χ1v) is 12.5. The molecule has 0 radical (unpaired) electrons. The standard InChI is InChI=1S/C25H25F2NO4S/c1-33(30,31)32-23-13-4-18(5-14-23)25-19(16-28(25)22-11-9-21(27)10-12-22)6-15-24(29)17-2-7-20(26)8-3-17/h2-5,7-14,19,24-25,29H,6,15-16H2,1H3/t19-,24?,25+/m0/s1. The van der Waals surface area contributed by atoms with Gasteiger partial charge in [0.2, 0.25) is 0 Å². The predicted octanol–water partition coefficient (Wildman–Crippen LogP) is 4.99. The summed E-state index contributed by atoms with van der Waals surface area (Å²) in [7, 11) is -3.61. The lowest BCUT2D eigenvalue weighted by molar-refractivity contribution is 0.144. The van der Waals surface area contributed by atoms with E-state index in [0.29, 0.717) is 12.0 Å². The Bertz CT molecular complexity index is 1180. The van der Waals surface area contributed by atoms with E-state index >= 15 is 0 Å². The fraction of sp³-hybridized carbons (Fsp3) is 0.280. The lowest BCUT2D eigenvalue weighted by atomic mass is 9.79. The average molecular weight is 474 g/mol. The van der Waals surface area contributed by atoms with Gasteiger partial charge in [0.05, 0.1) is 18.4 Å². The molecule has 174 valence electrons. The topological polar surface area (TPSA) is 66.8 Å². The maximum Gasteiger partial charge on any atom is 0.306 e. The third kappa shape index (κ3) is 5.69. The minimum atomic E-state index is -3.61. The lowest BCUT2D eigenvalue weighted by Gasteiger charge is -2.50. The van der Waals surface area contributed by atoms with Gasteiger partial charge in [-0.15, -0.1) is 0 Å². The van der Waals surface area contributed by atoms with Crippen molar-refractivity contribution < 1.29 is 26.5 Å². The van der Waals surface area contributed by atoms with Crippen LogP contribution in [0.15, 0.2) is 72.8 Å². The van der Waals surface area contributed by atoms with Gasteiger partial charge in [-0.1, -0.05) is 24.3 Å². The average Bonchev–Trinajstić information content (AvgIpc) is 2.75. The maximum absolute atomic E-state index is 13.4. The van der Waals surface area contributed by atoms with Crippen LogP contribution in [0.25, 0.3) is 0 Å². The van der Waals surface area contributed by atoms with Crippen molar-refractivity contribution in [2.24, 2.45) is 5.92 Å². The van der Waals surface area contributed by atoms with Crippen LogP contribution in [0.5, 0.6) is 5.75 Å². The van der Waals surface area contributed by atoms with Gasteiger partial charge in [-0.3, -0.25) is 0 Å². The molecule has 4 rings (SSSR count). The molecule has 0 aliphatic carbocycles. The molecule has 0 amide bonds. The van der Waals surface area contributed by atoms with Crippen molar-refractivity contribution in [3.8, 4) is 5.75 Å². The number of aliphatic hydroxyl groups excluding tert-OH is 1. The van der Waals surface area contributed by atoms with Crippen LogP contribution >= 0.6 is 0 Å². The second kappa shape index (κ2) is 9.49. The molecule has 0 spiro atoms. The number of benzene rings is 3. The van der Waals surface area contributed by atoms with Crippen molar-refractivity contribution in [2.75, 3.05) is 17.7 Å². The maximum atomic E-state index is 13.4. The summed E-state index contributed by atoms with van der Waals surface area (Å²) in [5.74, 6) is -0.204. The van der Waals surface area contributed by atoms with Gasteiger partial charge in [-0.05, 0) is 72.5 Å². The highest BCUT2D eigenvalue weighted by Crippen LogP contribution is 2.45. The van der Waals surface area contributed by atoms with E-state index in [2.05, 4.69) is 4.90 Å². The molecule has 0 saturated carbocycles. The van der Waals surface area contributed by atoms with Crippen LogP contribution in [0.4, 0.5) is 14.5 Å². The van der Waals surface area contributed by atoms with Crippen molar-refractivity contribution in [3.05, 3.63) is 95.6 Å². The minimum Gasteiger partial charge on any atom is -0.388 e. The quantitative estimate of drug-likeness (QED) is 0.467. The Hall–Kier alpha value is -2.97. The van der Waals surface area contributed by atoms with Gasteiger partial charge in [-0.2, -0.15) is 8.42 Å². The van der Waals surface area contributed by atoms with E-state index in [4.69, 9.17) is 4.18 Å². The van der Waals surface area contributed by atoms with Crippen LogP contribution in [-0.2, 0) is 10.1 Å². The lowest BCUT2D eigenvalue weighted by Crippen LogP contribution is -2.50. The molecule has 3 aromatic carbocycles. The second-order valence-electron chi connectivity index (χ2n) is 8.33. The Kier molecular flexibility index (Phi) is 6.67. The number of anilines is 1. The largest absolute Gasteiger partial charge is 0.388 e. The SMILES string of the molecule is CS(=O)(=O)Oc1ccc([C@@H]2[C@@H](CCC(O)c3ccc(F)cc3)CN2c2ccc(F)cc2)cc1. The van der Waals surface area contributed by atoms with Crippen LogP contribution < -0.4 is 9.08 Å². The highest BCUT2D eigenvalue weighted by atomic mass is 32.2. The summed E-state index contributed by atoms with van der Waals surface area (Å²) in [6.07, 6.45) is 1.53. The van der Waals surface area contributed by atoms with Gasteiger partial charge < -0.3 is 14.2 Å². The summed E-state index contributed by atoms with van der Waals surface area (Å²) >= 11 is 0. The van der Waals surface area contributed by atoms with E-state index in [0.717, 1.165) is 30.5 Å². The van der Waals surface area contributed by atoms with Gasteiger partial charge >= 0.3 is 10.1 Å². The van der Waals surface area contributed by atoms with Gasteiger partial charge in [-0.25, -0.2) is 8.78 Å². The molecule has 5 nitrogen and oxygen atoms in total. The molecular weight excluding hydrogens is 448 g/mol. The Morgan fingerprint density at radius 1 is 0.970 bits per heavy atom. The molecular formula is C25H25F2NO4S.